The zero-order valence-electron chi connectivity index (χ0n) is 11.5. The molecule has 0 saturated heterocycles. The summed E-state index contributed by atoms with van der Waals surface area (Å²) in [4.78, 5) is 35.8. The molecule has 2 aromatic carbocycles. The van der Waals surface area contributed by atoms with Gasteiger partial charge in [-0.1, -0.05) is 56.1 Å². The molecule has 0 radical (unpaired) electrons. The fourth-order valence-electron chi connectivity index (χ4n) is 1.90. The van der Waals surface area contributed by atoms with Crippen LogP contribution in [0.4, 0.5) is 0 Å². The summed E-state index contributed by atoms with van der Waals surface area (Å²) in [5.74, 6) is -0.928. The minimum absolute atomic E-state index is 0.260. The molecule has 0 bridgehead atoms. The largest absolute Gasteiger partial charge is 0.299 e. The van der Waals surface area contributed by atoms with Crippen molar-refractivity contribution < 1.29 is 14.4 Å². The number of Topliss-reactive ketones (excluding diaryl/α,β-unsaturated/α-hetero) is 3. The van der Waals surface area contributed by atoms with Gasteiger partial charge in [-0.15, -0.1) is 0 Å². The van der Waals surface area contributed by atoms with Crippen LogP contribution in [0.15, 0.2) is 57.5 Å². The van der Waals surface area contributed by atoms with E-state index in [4.69, 9.17) is 0 Å². The summed E-state index contributed by atoms with van der Waals surface area (Å²) < 4.78 is 1.72. The highest BCUT2D eigenvalue weighted by Gasteiger charge is 2.16. The van der Waals surface area contributed by atoms with Crippen LogP contribution in [0, 0.1) is 0 Å². The van der Waals surface area contributed by atoms with Gasteiger partial charge in [-0.05, 0) is 24.3 Å². The van der Waals surface area contributed by atoms with Crippen LogP contribution in [0.5, 0.6) is 0 Å². The Morgan fingerprint density at radius 1 is 0.636 bits per heavy atom. The number of ketones is 3. The molecule has 0 spiro atoms. The Hall–Kier alpha value is -1.59. The van der Waals surface area contributed by atoms with Gasteiger partial charge in [0.15, 0.2) is 11.6 Å². The van der Waals surface area contributed by atoms with Crippen molar-refractivity contribution in [3.8, 4) is 0 Å². The van der Waals surface area contributed by atoms with Gasteiger partial charge in [0.2, 0.25) is 0 Å². The van der Waals surface area contributed by atoms with E-state index < -0.39 is 0 Å². The molecule has 0 aliphatic heterocycles. The monoisotopic (exact) mass is 422 g/mol. The van der Waals surface area contributed by atoms with Crippen LogP contribution in [0.1, 0.15) is 33.6 Å². The number of benzene rings is 2. The zero-order chi connectivity index (χ0) is 16.1. The van der Waals surface area contributed by atoms with Gasteiger partial charge >= 0.3 is 0 Å². The number of carbonyl (C=O) groups excluding carboxylic acids is 3. The standard InChI is InChI=1S/C17H12Br2O3/c18-13-5-1-11(2-6-13)16(21)9-15(20)10-17(22)12-3-7-14(19)8-4-12/h1-8H,9-10H2. The van der Waals surface area contributed by atoms with Crippen molar-refractivity contribution in [3.05, 3.63) is 68.6 Å². The second kappa shape index (κ2) is 7.61. The summed E-state index contributed by atoms with van der Waals surface area (Å²) in [6, 6.07) is 13.6. The van der Waals surface area contributed by atoms with Gasteiger partial charge in [-0.25, -0.2) is 0 Å². The topological polar surface area (TPSA) is 51.2 Å². The lowest BCUT2D eigenvalue weighted by molar-refractivity contribution is -0.117. The molecule has 22 heavy (non-hydrogen) atoms. The van der Waals surface area contributed by atoms with E-state index in [1.807, 2.05) is 0 Å². The maximum Gasteiger partial charge on any atom is 0.170 e. The lowest BCUT2D eigenvalue weighted by Gasteiger charge is -2.02. The van der Waals surface area contributed by atoms with Crippen molar-refractivity contribution in [2.75, 3.05) is 0 Å². The summed E-state index contributed by atoms with van der Waals surface area (Å²) >= 11 is 6.57. The van der Waals surface area contributed by atoms with E-state index in [0.29, 0.717) is 11.1 Å². The summed E-state index contributed by atoms with van der Waals surface area (Å²) in [6.07, 6.45) is -0.520. The summed E-state index contributed by atoms with van der Waals surface area (Å²) in [5, 5.41) is 0. The van der Waals surface area contributed by atoms with E-state index in [-0.39, 0.29) is 30.2 Å². The van der Waals surface area contributed by atoms with Crippen LogP contribution in [-0.4, -0.2) is 17.3 Å². The van der Waals surface area contributed by atoms with Crippen molar-refractivity contribution in [2.24, 2.45) is 0 Å². The Morgan fingerprint density at radius 3 is 1.27 bits per heavy atom. The van der Waals surface area contributed by atoms with E-state index in [9.17, 15) is 14.4 Å². The quantitative estimate of drug-likeness (QED) is 0.502. The Balaban J connectivity index is 1.95. The number of halogens is 2. The van der Waals surface area contributed by atoms with Gasteiger partial charge in [0.25, 0.3) is 0 Å². The van der Waals surface area contributed by atoms with E-state index in [1.165, 1.54) is 0 Å². The van der Waals surface area contributed by atoms with E-state index in [1.54, 1.807) is 48.5 Å². The molecule has 0 N–H and O–H groups in total. The third kappa shape index (κ3) is 4.71. The van der Waals surface area contributed by atoms with Crippen LogP contribution < -0.4 is 0 Å². The van der Waals surface area contributed by atoms with Crippen molar-refractivity contribution in [3.63, 3.8) is 0 Å². The van der Waals surface area contributed by atoms with Crippen molar-refractivity contribution in [2.45, 2.75) is 12.8 Å². The highest BCUT2D eigenvalue weighted by atomic mass is 79.9. The average Bonchev–Trinajstić information content (AvgIpc) is 2.48. The van der Waals surface area contributed by atoms with Crippen LogP contribution in [0.2, 0.25) is 0 Å². The second-order valence-electron chi connectivity index (χ2n) is 4.75. The number of carbonyl (C=O) groups is 3. The van der Waals surface area contributed by atoms with Gasteiger partial charge in [0.05, 0.1) is 12.8 Å². The first kappa shape index (κ1) is 16.8. The second-order valence-corrected chi connectivity index (χ2v) is 6.58. The fraction of sp³-hybridized carbons (Fsp3) is 0.118. The lowest BCUT2D eigenvalue weighted by Crippen LogP contribution is -2.13. The maximum atomic E-state index is 12.0. The van der Waals surface area contributed by atoms with E-state index in [2.05, 4.69) is 31.9 Å². The Bertz CT molecular complexity index is 642. The summed E-state index contributed by atoms with van der Waals surface area (Å²) in [7, 11) is 0. The first-order valence-corrected chi connectivity index (χ1v) is 8.13. The van der Waals surface area contributed by atoms with Crippen LogP contribution in [0.25, 0.3) is 0 Å². The molecular weight excluding hydrogens is 412 g/mol. The molecule has 112 valence electrons. The molecular formula is C17H12Br2O3. The van der Waals surface area contributed by atoms with Gasteiger partial charge in [-0.3, -0.25) is 14.4 Å². The third-order valence-corrected chi connectivity index (χ3v) is 4.11. The molecule has 0 fully saturated rings. The van der Waals surface area contributed by atoms with Crippen molar-refractivity contribution >= 4 is 49.2 Å². The third-order valence-electron chi connectivity index (χ3n) is 3.05. The SMILES string of the molecule is O=C(CC(=O)c1ccc(Br)cc1)CC(=O)c1ccc(Br)cc1. The normalized spacial score (nSPS) is 10.3. The zero-order valence-corrected chi connectivity index (χ0v) is 14.7. The molecule has 0 heterocycles. The first-order chi connectivity index (χ1) is 10.5. The smallest absolute Gasteiger partial charge is 0.170 e. The highest BCUT2D eigenvalue weighted by molar-refractivity contribution is 9.10. The predicted octanol–water partition coefficient (Wildman–Crippen LogP) is 4.63. The molecule has 0 saturated carbocycles. The van der Waals surface area contributed by atoms with Crippen molar-refractivity contribution in [1.29, 1.82) is 0 Å². The molecule has 2 aromatic rings. The molecule has 0 unspecified atom stereocenters. The fourth-order valence-corrected chi connectivity index (χ4v) is 2.43. The number of hydrogen-bond acceptors (Lipinski definition) is 3. The molecule has 5 heteroatoms. The Labute approximate surface area is 145 Å². The summed E-state index contributed by atoms with van der Waals surface area (Å²) in [6.45, 7) is 0. The van der Waals surface area contributed by atoms with Crippen molar-refractivity contribution in [1.82, 2.24) is 0 Å². The van der Waals surface area contributed by atoms with Gasteiger partial charge < -0.3 is 0 Å². The predicted molar refractivity (Wildman–Crippen MR) is 91.2 cm³/mol. The Morgan fingerprint density at radius 2 is 0.955 bits per heavy atom. The highest BCUT2D eigenvalue weighted by Crippen LogP contribution is 2.14. The van der Waals surface area contributed by atoms with Gasteiger partial charge in [0, 0.05) is 20.1 Å². The maximum absolute atomic E-state index is 12.0. The minimum atomic E-state index is -0.374. The molecule has 0 atom stereocenters. The molecule has 0 amide bonds. The van der Waals surface area contributed by atoms with Crippen LogP contribution in [0.3, 0.4) is 0 Å². The molecule has 0 aliphatic rings. The molecule has 0 aromatic heterocycles. The average molecular weight is 424 g/mol. The number of rotatable bonds is 6. The molecule has 3 nitrogen and oxygen atoms in total. The summed E-state index contributed by atoms with van der Waals surface area (Å²) in [5.41, 5.74) is 0.931. The van der Waals surface area contributed by atoms with Crippen LogP contribution in [-0.2, 0) is 4.79 Å². The van der Waals surface area contributed by atoms with Crippen LogP contribution >= 0.6 is 31.9 Å². The molecule has 2 rings (SSSR count). The van der Waals surface area contributed by atoms with E-state index in [0.717, 1.165) is 8.95 Å². The molecule has 0 aliphatic carbocycles. The minimum Gasteiger partial charge on any atom is -0.299 e. The lowest BCUT2D eigenvalue weighted by atomic mass is 10.0. The van der Waals surface area contributed by atoms with Gasteiger partial charge in [-0.2, -0.15) is 0 Å². The Kier molecular flexibility index (Phi) is 5.80. The number of hydrogen-bond donors (Lipinski definition) is 0. The van der Waals surface area contributed by atoms with Gasteiger partial charge in [0.1, 0.15) is 5.78 Å². The first-order valence-electron chi connectivity index (χ1n) is 6.55. The van der Waals surface area contributed by atoms with E-state index >= 15 is 0 Å².